The highest BCUT2D eigenvalue weighted by Gasteiger charge is 2.00. The van der Waals surface area contributed by atoms with Crippen LogP contribution in [0.5, 0.6) is 5.75 Å². The van der Waals surface area contributed by atoms with E-state index in [1.165, 1.54) is 44.9 Å². The Morgan fingerprint density at radius 3 is 2.22 bits per heavy atom. The topological polar surface area (TPSA) is 13.1 Å². The van der Waals surface area contributed by atoms with E-state index in [9.17, 15) is 0 Å². The Kier molecular flexibility index (Phi) is 8.28. The van der Waals surface area contributed by atoms with Crippen LogP contribution in [0.1, 0.15) is 58.8 Å². The summed E-state index contributed by atoms with van der Waals surface area (Å²) < 4.78 is 7.95. The molecule has 1 aromatic rings. The number of unbranched alkanes of at least 4 members (excludes halogenated alkanes) is 5. The molecule has 0 aliphatic heterocycles. The van der Waals surface area contributed by atoms with E-state index in [-0.39, 0.29) is 0 Å². The molecular formula is C16H28NO+. The average Bonchev–Trinajstić information content (AvgIpc) is 2.42. The van der Waals surface area contributed by atoms with Crippen LogP contribution in [0, 0.1) is 0 Å². The first-order chi connectivity index (χ1) is 8.86. The summed E-state index contributed by atoms with van der Waals surface area (Å²) in [4.78, 5) is 0. The van der Waals surface area contributed by atoms with E-state index in [0.717, 1.165) is 18.9 Å². The van der Waals surface area contributed by atoms with Crippen LogP contribution in [0.2, 0.25) is 0 Å². The number of aryl methyl sites for hydroxylation is 1. The number of pyridine rings is 1. The highest BCUT2D eigenvalue weighted by Crippen LogP contribution is 2.08. The van der Waals surface area contributed by atoms with Gasteiger partial charge in [-0.1, -0.05) is 46.0 Å². The summed E-state index contributed by atoms with van der Waals surface area (Å²) in [6, 6.07) is 4.14. The summed E-state index contributed by atoms with van der Waals surface area (Å²) in [7, 11) is 0. The van der Waals surface area contributed by atoms with Crippen LogP contribution in [0.15, 0.2) is 24.5 Å². The van der Waals surface area contributed by atoms with Gasteiger partial charge in [-0.05, 0) is 6.42 Å². The molecule has 1 aromatic heterocycles. The maximum Gasteiger partial charge on any atom is 0.172 e. The molecular weight excluding hydrogens is 222 g/mol. The second-order valence-electron chi connectivity index (χ2n) is 4.89. The third-order valence-corrected chi connectivity index (χ3v) is 3.15. The molecule has 2 heteroatoms. The summed E-state index contributed by atoms with van der Waals surface area (Å²) in [6.07, 6.45) is 13.2. The molecule has 0 aromatic carbocycles. The third-order valence-electron chi connectivity index (χ3n) is 3.15. The third kappa shape index (κ3) is 6.63. The number of aromatic nitrogens is 1. The molecule has 102 valence electrons. The lowest BCUT2D eigenvalue weighted by molar-refractivity contribution is -0.697. The van der Waals surface area contributed by atoms with Crippen molar-refractivity contribution < 1.29 is 9.30 Å². The van der Waals surface area contributed by atoms with Gasteiger partial charge >= 0.3 is 0 Å². The van der Waals surface area contributed by atoms with E-state index in [4.69, 9.17) is 4.74 Å². The van der Waals surface area contributed by atoms with E-state index in [0.29, 0.717) is 0 Å². The van der Waals surface area contributed by atoms with Crippen molar-refractivity contribution in [3.05, 3.63) is 24.5 Å². The molecule has 0 atom stereocenters. The van der Waals surface area contributed by atoms with Crippen molar-refractivity contribution in [3.8, 4) is 5.75 Å². The van der Waals surface area contributed by atoms with E-state index < -0.39 is 0 Å². The van der Waals surface area contributed by atoms with E-state index in [1.807, 2.05) is 0 Å². The first-order valence-corrected chi connectivity index (χ1v) is 7.48. The van der Waals surface area contributed by atoms with E-state index in [2.05, 4.69) is 42.9 Å². The van der Waals surface area contributed by atoms with Crippen molar-refractivity contribution in [2.45, 2.75) is 65.3 Å². The predicted molar refractivity (Wildman–Crippen MR) is 75.8 cm³/mol. The van der Waals surface area contributed by atoms with Gasteiger partial charge < -0.3 is 4.74 Å². The van der Waals surface area contributed by atoms with Gasteiger partial charge in [0.2, 0.25) is 0 Å². The fraction of sp³-hybridized carbons (Fsp3) is 0.688. The molecule has 2 nitrogen and oxygen atoms in total. The normalized spacial score (nSPS) is 10.6. The van der Waals surface area contributed by atoms with Gasteiger partial charge in [-0.25, -0.2) is 4.57 Å². The molecule has 0 bridgehead atoms. The first kappa shape index (κ1) is 15.0. The van der Waals surface area contributed by atoms with Crippen LogP contribution in [-0.2, 0) is 6.54 Å². The summed E-state index contributed by atoms with van der Waals surface area (Å²) in [5.41, 5.74) is 0. The molecule has 0 aliphatic carbocycles. The smallest absolute Gasteiger partial charge is 0.172 e. The minimum absolute atomic E-state index is 0.850. The lowest BCUT2D eigenvalue weighted by Crippen LogP contribution is -2.32. The molecule has 0 amide bonds. The van der Waals surface area contributed by atoms with Crippen LogP contribution >= 0.6 is 0 Å². The van der Waals surface area contributed by atoms with Crippen LogP contribution in [-0.4, -0.2) is 6.61 Å². The molecule has 0 spiro atoms. The van der Waals surface area contributed by atoms with Gasteiger partial charge in [-0.15, -0.1) is 0 Å². The van der Waals surface area contributed by atoms with Crippen LogP contribution in [0.3, 0.4) is 0 Å². The highest BCUT2D eigenvalue weighted by atomic mass is 16.5. The quantitative estimate of drug-likeness (QED) is 0.449. The van der Waals surface area contributed by atoms with Crippen molar-refractivity contribution in [1.29, 1.82) is 0 Å². The molecule has 0 saturated carbocycles. The Balaban J connectivity index is 2.14. The predicted octanol–water partition coefficient (Wildman–Crippen LogP) is 4.12. The maximum absolute atomic E-state index is 5.73. The van der Waals surface area contributed by atoms with Gasteiger partial charge in [-0.3, -0.25) is 0 Å². The minimum Gasteiger partial charge on any atom is -0.493 e. The fourth-order valence-electron chi connectivity index (χ4n) is 1.93. The molecule has 0 saturated heterocycles. The van der Waals surface area contributed by atoms with Gasteiger partial charge in [0.1, 0.15) is 12.3 Å². The number of hydrogen-bond donors (Lipinski definition) is 0. The Hall–Kier alpha value is -1.05. The zero-order chi connectivity index (χ0) is 13.1. The van der Waals surface area contributed by atoms with Crippen LogP contribution < -0.4 is 9.30 Å². The van der Waals surface area contributed by atoms with Gasteiger partial charge in [0.25, 0.3) is 0 Å². The van der Waals surface area contributed by atoms with E-state index >= 15 is 0 Å². The lowest BCUT2D eigenvalue weighted by atomic mass is 10.2. The summed E-state index contributed by atoms with van der Waals surface area (Å²) in [5.74, 6) is 0.998. The summed E-state index contributed by atoms with van der Waals surface area (Å²) in [5, 5.41) is 0. The summed E-state index contributed by atoms with van der Waals surface area (Å²) >= 11 is 0. The van der Waals surface area contributed by atoms with Crippen molar-refractivity contribution in [2.24, 2.45) is 0 Å². The standard InChI is InChI=1S/C16H28NO/c1-3-5-7-8-9-15-18-16-10-13-17(14-11-16)12-6-4-2/h10-11,13-14H,3-9,12,15H2,1-2H3/q+1. The summed E-state index contributed by atoms with van der Waals surface area (Å²) in [6.45, 7) is 6.42. The molecule has 1 rings (SSSR count). The van der Waals surface area contributed by atoms with Gasteiger partial charge in [0.05, 0.1) is 6.61 Å². The average molecular weight is 250 g/mol. The van der Waals surface area contributed by atoms with Crippen molar-refractivity contribution in [1.82, 2.24) is 0 Å². The largest absolute Gasteiger partial charge is 0.493 e. The SMILES string of the molecule is CCCCCCCOc1cc[n+](CCCC)cc1. The van der Waals surface area contributed by atoms with E-state index in [1.54, 1.807) is 0 Å². The zero-order valence-electron chi connectivity index (χ0n) is 12.0. The van der Waals surface area contributed by atoms with Crippen LogP contribution in [0.4, 0.5) is 0 Å². The number of hydrogen-bond acceptors (Lipinski definition) is 1. The zero-order valence-corrected chi connectivity index (χ0v) is 12.0. The van der Waals surface area contributed by atoms with Crippen molar-refractivity contribution >= 4 is 0 Å². The Labute approximate surface area is 112 Å². The molecule has 0 unspecified atom stereocenters. The molecule has 0 fully saturated rings. The lowest BCUT2D eigenvalue weighted by Gasteiger charge is -2.05. The second kappa shape index (κ2) is 9.93. The number of nitrogens with zero attached hydrogens (tertiary/aromatic N) is 1. The first-order valence-electron chi connectivity index (χ1n) is 7.48. The molecule has 0 radical (unpaired) electrons. The second-order valence-corrected chi connectivity index (χ2v) is 4.89. The van der Waals surface area contributed by atoms with Gasteiger partial charge in [-0.2, -0.15) is 0 Å². The van der Waals surface area contributed by atoms with Gasteiger partial charge in [0, 0.05) is 18.6 Å². The van der Waals surface area contributed by atoms with Crippen LogP contribution in [0.25, 0.3) is 0 Å². The Bertz CT molecular complexity index is 294. The van der Waals surface area contributed by atoms with Crippen molar-refractivity contribution in [3.63, 3.8) is 0 Å². The molecule has 0 aliphatic rings. The monoisotopic (exact) mass is 250 g/mol. The Morgan fingerprint density at radius 1 is 0.889 bits per heavy atom. The highest BCUT2D eigenvalue weighted by molar-refractivity contribution is 5.14. The fourth-order valence-corrected chi connectivity index (χ4v) is 1.93. The minimum atomic E-state index is 0.850. The van der Waals surface area contributed by atoms with Gasteiger partial charge in [0.15, 0.2) is 12.4 Å². The Morgan fingerprint density at radius 2 is 1.56 bits per heavy atom. The molecule has 18 heavy (non-hydrogen) atoms. The number of ether oxygens (including phenoxy) is 1. The molecule has 0 N–H and O–H groups in total. The van der Waals surface area contributed by atoms with Crippen molar-refractivity contribution in [2.75, 3.05) is 6.61 Å². The molecule has 1 heterocycles. The number of rotatable bonds is 10. The maximum atomic E-state index is 5.73.